The van der Waals surface area contributed by atoms with E-state index in [0.29, 0.717) is 22.6 Å². The molecule has 7 heteroatoms. The molecular weight excluding hydrogens is 891 g/mol. The molecule has 362 valence electrons. The van der Waals surface area contributed by atoms with Gasteiger partial charge in [0.25, 0.3) is 11.4 Å². The Hall–Kier alpha value is -7.47. The van der Waals surface area contributed by atoms with Crippen molar-refractivity contribution in [2.45, 2.75) is 112 Å². The third kappa shape index (κ3) is 9.07. The van der Waals surface area contributed by atoms with Crippen LogP contribution in [0.5, 0.6) is 11.5 Å². The minimum atomic E-state index is -1.01. The highest BCUT2D eigenvalue weighted by Crippen LogP contribution is 2.48. The van der Waals surface area contributed by atoms with Gasteiger partial charge in [0.05, 0.1) is 28.2 Å². The predicted molar refractivity (Wildman–Crippen MR) is 296 cm³/mol. The molecule has 7 aromatic carbocycles. The van der Waals surface area contributed by atoms with Crippen LogP contribution in [0.25, 0.3) is 49.9 Å². The molecule has 0 aliphatic carbocycles. The molecule has 0 saturated heterocycles. The monoisotopic (exact) mass is 956 g/mol. The van der Waals surface area contributed by atoms with E-state index in [4.69, 9.17) is 9.72 Å². The van der Waals surface area contributed by atoms with E-state index in [9.17, 15) is 1.37 Å². The van der Waals surface area contributed by atoms with Gasteiger partial charge < -0.3 is 4.74 Å². The Morgan fingerprint density at radius 3 is 1.78 bits per heavy atom. The van der Waals surface area contributed by atoms with Crippen molar-refractivity contribution in [1.29, 1.82) is 0 Å². The minimum absolute atomic E-state index is 0.0695. The maximum absolute atomic E-state index is 15.5. The Morgan fingerprint density at radius 2 is 1.15 bits per heavy atom. The van der Waals surface area contributed by atoms with Crippen molar-refractivity contribution in [1.82, 2.24) is 18.7 Å². The predicted octanol–water partition coefficient (Wildman–Crippen LogP) is 18.4. The summed E-state index contributed by atoms with van der Waals surface area (Å²) in [5.41, 5.74) is 13.1. The Labute approximate surface area is 424 Å². The number of nitrogens with zero attached hydrogens (tertiary/aromatic N) is 4. The third-order valence-electron chi connectivity index (χ3n) is 14.0. The molecule has 0 unspecified atom stereocenters. The molecule has 0 atom stereocenters. The number of hydrogen-bond acceptors (Lipinski definition) is 2. The fraction of sp³-hybridized carbons (Fsp3) is 0.262. The van der Waals surface area contributed by atoms with Gasteiger partial charge in [0.1, 0.15) is 29.0 Å². The molecule has 3 heterocycles. The van der Waals surface area contributed by atoms with E-state index in [2.05, 4.69) is 171 Å². The van der Waals surface area contributed by atoms with E-state index >= 15 is 8.78 Å². The summed E-state index contributed by atoms with van der Waals surface area (Å²) in [5, 5.41) is 2.20. The smallest absolute Gasteiger partial charge is 0.457 e. The van der Waals surface area contributed by atoms with Gasteiger partial charge in [-0.1, -0.05) is 132 Å². The van der Waals surface area contributed by atoms with Gasteiger partial charge in [0.15, 0.2) is 0 Å². The lowest BCUT2D eigenvalue weighted by molar-refractivity contribution is 0.482. The number of fused-ring (bicyclic) bond motifs is 4. The van der Waals surface area contributed by atoms with Gasteiger partial charge in [0.2, 0.25) is 11.4 Å². The number of pyridine rings is 1. The molecule has 1 aliphatic heterocycles. The number of benzene rings is 7. The van der Waals surface area contributed by atoms with Crippen LogP contribution in [0.4, 0.5) is 31.5 Å². The van der Waals surface area contributed by atoms with Crippen LogP contribution in [-0.2, 0) is 10.8 Å². The van der Waals surface area contributed by atoms with Crippen molar-refractivity contribution in [3.05, 3.63) is 191 Å². The Balaban J connectivity index is 1.21. The molecule has 0 saturated carbocycles. The molecule has 0 N–H and O–H groups in total. The van der Waals surface area contributed by atoms with Gasteiger partial charge in [-0.15, -0.1) is 0 Å². The summed E-state index contributed by atoms with van der Waals surface area (Å²) in [6.45, 7) is 25.7. The second kappa shape index (κ2) is 18.3. The molecule has 0 amide bonds. The van der Waals surface area contributed by atoms with Crippen molar-refractivity contribution in [3.63, 3.8) is 0 Å². The summed E-state index contributed by atoms with van der Waals surface area (Å²) in [6, 6.07) is 51.6. The van der Waals surface area contributed by atoms with E-state index < -0.39 is 17.5 Å². The molecule has 0 bridgehead atoms. The largest absolute Gasteiger partial charge is 0.503 e. The standard InChI is InChI=1S/C65H64F2N4O/c1-39(2)42-25-43(40(3)4)27-45(26-42)56-32-48(65(10,11)12)33-57(46-28-49(66)35-50(67)29-46)63(56)70-38-69(59-19-15-16-20-60(59)70)51-30-44(41(5)6)31-53(36-51)72-52-21-22-55-54-17-13-14-18-58(54)71(61(55)37-52)62-34-47(23-24-68-62)64(7,8)9/h13-37,39-41H,1-12H3/q+2/i41D. The summed E-state index contributed by atoms with van der Waals surface area (Å²) in [7, 11) is 0. The average Bonchev–Trinajstić information content (AvgIpc) is 3.88. The van der Waals surface area contributed by atoms with E-state index in [-0.39, 0.29) is 22.7 Å². The van der Waals surface area contributed by atoms with Crippen LogP contribution in [0, 0.1) is 11.6 Å². The van der Waals surface area contributed by atoms with Gasteiger partial charge in [-0.25, -0.2) is 13.8 Å². The van der Waals surface area contributed by atoms with Crippen LogP contribution in [0.3, 0.4) is 0 Å². The maximum Gasteiger partial charge on any atom is 0.503 e. The second-order valence-corrected chi connectivity index (χ2v) is 22.3. The fourth-order valence-corrected chi connectivity index (χ4v) is 9.84. The average molecular weight is 956 g/mol. The van der Waals surface area contributed by atoms with Crippen molar-refractivity contribution < 1.29 is 14.9 Å². The summed E-state index contributed by atoms with van der Waals surface area (Å²) >= 11 is 0. The topological polar surface area (TPSA) is 33.1 Å². The van der Waals surface area contributed by atoms with Crippen LogP contribution >= 0.6 is 0 Å². The molecule has 0 spiro atoms. The zero-order valence-electron chi connectivity index (χ0n) is 44.5. The highest BCUT2D eigenvalue weighted by molar-refractivity contribution is 6.09. The lowest BCUT2D eigenvalue weighted by Crippen LogP contribution is -2.13. The Morgan fingerprint density at radius 1 is 0.556 bits per heavy atom. The van der Waals surface area contributed by atoms with Gasteiger partial charge >= 0.3 is 6.01 Å². The van der Waals surface area contributed by atoms with Crippen molar-refractivity contribution in [2.75, 3.05) is 0 Å². The molecule has 5 nitrogen and oxygen atoms in total. The molecule has 72 heavy (non-hydrogen) atoms. The lowest BCUT2D eigenvalue weighted by atomic mass is 9.81. The van der Waals surface area contributed by atoms with Gasteiger partial charge in [-0.3, -0.25) is 4.57 Å². The number of halogens is 2. The van der Waals surface area contributed by atoms with Gasteiger partial charge in [-0.2, -0.15) is 0 Å². The first-order valence-electron chi connectivity index (χ1n) is 25.6. The second-order valence-electron chi connectivity index (χ2n) is 22.3. The van der Waals surface area contributed by atoms with E-state index in [1.165, 1.54) is 28.8 Å². The zero-order valence-corrected chi connectivity index (χ0v) is 43.5. The van der Waals surface area contributed by atoms with Crippen molar-refractivity contribution in [3.8, 4) is 39.6 Å². The van der Waals surface area contributed by atoms with E-state index in [0.717, 1.165) is 78.7 Å². The molecule has 2 aromatic heterocycles. The van der Waals surface area contributed by atoms with Crippen LogP contribution in [-0.4, -0.2) is 15.6 Å². The maximum atomic E-state index is 15.5. The van der Waals surface area contributed by atoms with Gasteiger partial charge in [0, 0.05) is 48.7 Å². The SMILES string of the molecule is [2H]C(C)(C)c1cc(Oc2ccc3c4ccccc4n(-c4cc(C(C)(C)C)ccn4)c3c2)cc([N+]2=C=[N+](c3c(-c4cc(F)cc(F)c4)cc(C(C)(C)C)cc3-c3cc(C(C)C)cc(C(C)C)c3)c3ccccc32)c1. The number of aromatic nitrogens is 2. The van der Waals surface area contributed by atoms with E-state index in [1.54, 1.807) is 0 Å². The molecule has 1 aliphatic rings. The van der Waals surface area contributed by atoms with Gasteiger partial charge in [-0.05, 0) is 137 Å². The number of hydrogen-bond donors (Lipinski definition) is 0. The van der Waals surface area contributed by atoms with E-state index in [1.807, 2.05) is 65.6 Å². The van der Waals surface area contributed by atoms with Crippen LogP contribution < -0.4 is 13.9 Å². The summed E-state index contributed by atoms with van der Waals surface area (Å²) in [4.78, 5) is 4.89. The first kappa shape index (κ1) is 46.9. The quantitative estimate of drug-likeness (QED) is 0.128. The zero-order chi connectivity index (χ0) is 51.9. The third-order valence-corrected chi connectivity index (χ3v) is 14.0. The normalized spacial score (nSPS) is 13.2. The number of para-hydroxylation sites is 3. The lowest BCUT2D eigenvalue weighted by Gasteiger charge is -2.23. The highest BCUT2D eigenvalue weighted by Gasteiger charge is 2.40. The Bertz CT molecular complexity index is 3700. The first-order chi connectivity index (χ1) is 34.5. The fourth-order valence-electron chi connectivity index (χ4n) is 9.84. The summed E-state index contributed by atoms with van der Waals surface area (Å²) < 4.78 is 53.5. The number of ether oxygens (including phenoxy) is 1. The molecule has 10 rings (SSSR count). The molecular formula is C65H64F2N4O+2. The molecule has 9 aromatic rings. The Kier molecular flexibility index (Phi) is 11.9. The molecule has 0 fully saturated rings. The van der Waals surface area contributed by atoms with Crippen molar-refractivity contribution >= 4 is 50.6 Å². The van der Waals surface area contributed by atoms with Crippen molar-refractivity contribution in [2.24, 2.45) is 0 Å². The first-order valence-corrected chi connectivity index (χ1v) is 25.1. The minimum Gasteiger partial charge on any atom is -0.457 e. The summed E-state index contributed by atoms with van der Waals surface area (Å²) in [5.74, 6) is 0.205. The summed E-state index contributed by atoms with van der Waals surface area (Å²) in [6.07, 6.45) is 1.88. The van der Waals surface area contributed by atoms with Crippen LogP contribution in [0.1, 0.15) is 130 Å². The van der Waals surface area contributed by atoms with Crippen LogP contribution in [0.2, 0.25) is 0 Å². The highest BCUT2D eigenvalue weighted by atomic mass is 19.1. The molecule has 0 radical (unpaired) electrons. The van der Waals surface area contributed by atoms with Crippen LogP contribution in [0.15, 0.2) is 152 Å². The number of rotatable bonds is 10.